The van der Waals surface area contributed by atoms with Crippen LogP contribution in [0.15, 0.2) is 12.1 Å². The van der Waals surface area contributed by atoms with E-state index in [0.29, 0.717) is 0 Å². The Bertz CT molecular complexity index is 284. The van der Waals surface area contributed by atoms with Crippen LogP contribution in [0.2, 0.25) is 0 Å². The molecule has 0 bridgehead atoms. The average Bonchev–Trinajstić information content (AvgIpc) is 2.67. The normalized spacial score (nSPS) is 8.80. The summed E-state index contributed by atoms with van der Waals surface area (Å²) in [7, 11) is 3.56. The maximum Gasteiger partial charge on any atom is 0.216 e. The molecule has 1 aromatic rings. The van der Waals surface area contributed by atoms with Gasteiger partial charge in [0.05, 0.1) is 5.00 Å². The highest BCUT2D eigenvalue weighted by molar-refractivity contribution is 7.16. The first-order valence-electron chi connectivity index (χ1n) is 5.08. The Morgan fingerprint density at radius 3 is 2.33 bits per heavy atom. The Kier molecular flexibility index (Phi) is 7.72. The Labute approximate surface area is 95.9 Å². The minimum atomic E-state index is 0.00463. The van der Waals surface area contributed by atoms with Gasteiger partial charge < -0.3 is 10.6 Å². The summed E-state index contributed by atoms with van der Waals surface area (Å²) < 4.78 is 0. The van der Waals surface area contributed by atoms with Crippen molar-refractivity contribution >= 4 is 22.2 Å². The van der Waals surface area contributed by atoms with Gasteiger partial charge in [0, 0.05) is 25.9 Å². The minimum Gasteiger partial charge on any atom is -0.380 e. The van der Waals surface area contributed by atoms with Gasteiger partial charge in [0.2, 0.25) is 5.91 Å². The van der Waals surface area contributed by atoms with E-state index in [9.17, 15) is 4.79 Å². The Hall–Kier alpha value is -1.03. The molecule has 0 aromatic carbocycles. The molecule has 0 unspecified atom stereocenters. The van der Waals surface area contributed by atoms with Gasteiger partial charge in [-0.1, -0.05) is 13.3 Å². The zero-order valence-corrected chi connectivity index (χ0v) is 10.7. The lowest BCUT2D eigenvalue weighted by Gasteiger charge is -1.90. The third-order valence-corrected chi connectivity index (χ3v) is 2.92. The molecule has 0 radical (unpaired) electrons. The number of anilines is 1. The number of amides is 1. The molecule has 1 rings (SSSR count). The van der Waals surface area contributed by atoms with Crippen molar-refractivity contribution in [3.05, 3.63) is 17.0 Å². The summed E-state index contributed by atoms with van der Waals surface area (Å²) in [4.78, 5) is 11.2. The van der Waals surface area contributed by atoms with E-state index >= 15 is 0 Å². The quantitative estimate of drug-likeness (QED) is 0.834. The van der Waals surface area contributed by atoms with E-state index in [2.05, 4.69) is 29.7 Å². The van der Waals surface area contributed by atoms with Crippen molar-refractivity contribution in [2.75, 3.05) is 19.4 Å². The lowest BCUT2D eigenvalue weighted by atomic mass is 10.3. The van der Waals surface area contributed by atoms with Crippen LogP contribution in [0.25, 0.3) is 0 Å². The van der Waals surface area contributed by atoms with Gasteiger partial charge >= 0.3 is 0 Å². The van der Waals surface area contributed by atoms with Crippen molar-refractivity contribution in [3.63, 3.8) is 0 Å². The topological polar surface area (TPSA) is 41.1 Å². The summed E-state index contributed by atoms with van der Waals surface area (Å²) in [6.45, 7) is 3.68. The van der Waals surface area contributed by atoms with Gasteiger partial charge in [0.25, 0.3) is 0 Å². The zero-order valence-electron chi connectivity index (χ0n) is 9.89. The minimum absolute atomic E-state index is 0.00463. The highest BCUT2D eigenvalue weighted by Gasteiger charge is 1.94. The largest absolute Gasteiger partial charge is 0.380 e. The van der Waals surface area contributed by atoms with E-state index in [1.165, 1.54) is 29.6 Å². The second-order valence-electron chi connectivity index (χ2n) is 3.07. The van der Waals surface area contributed by atoms with E-state index in [4.69, 9.17) is 0 Å². The standard InChI is InChI=1S/C8H13NS.C3H7NO/c1-3-4-7-5-6-8(9-2)10-7;1-3(5)4-2/h5-6,9H,3-4H2,1-2H3;1-2H3,(H,4,5). The molecule has 1 aromatic heterocycles. The first-order valence-corrected chi connectivity index (χ1v) is 5.90. The molecule has 0 aliphatic rings. The van der Waals surface area contributed by atoms with Crippen molar-refractivity contribution in [1.82, 2.24) is 5.32 Å². The zero-order chi connectivity index (χ0) is 11.7. The number of aryl methyl sites for hydroxylation is 1. The van der Waals surface area contributed by atoms with Gasteiger partial charge in [-0.2, -0.15) is 0 Å². The fraction of sp³-hybridized carbons (Fsp3) is 0.545. The predicted octanol–water partition coefficient (Wildman–Crippen LogP) is 2.49. The highest BCUT2D eigenvalue weighted by Crippen LogP contribution is 2.21. The summed E-state index contributed by atoms with van der Waals surface area (Å²) in [5, 5.41) is 6.78. The fourth-order valence-corrected chi connectivity index (χ4v) is 1.86. The molecule has 0 saturated carbocycles. The SMILES string of the molecule is CCCc1ccc(NC)s1.CNC(C)=O. The summed E-state index contributed by atoms with van der Waals surface area (Å²) in [6.07, 6.45) is 2.45. The van der Waals surface area contributed by atoms with Crippen molar-refractivity contribution in [2.45, 2.75) is 26.7 Å². The van der Waals surface area contributed by atoms with Crippen LogP contribution in [-0.4, -0.2) is 20.0 Å². The molecular weight excluding hydrogens is 208 g/mol. The van der Waals surface area contributed by atoms with Crippen LogP contribution in [0.3, 0.4) is 0 Å². The number of hydrogen-bond donors (Lipinski definition) is 2. The monoisotopic (exact) mass is 228 g/mol. The molecule has 0 fully saturated rings. The number of nitrogens with one attached hydrogen (secondary N) is 2. The number of carbonyl (C=O) groups is 1. The second kappa shape index (κ2) is 8.29. The van der Waals surface area contributed by atoms with Gasteiger partial charge in [-0.05, 0) is 18.6 Å². The highest BCUT2D eigenvalue weighted by atomic mass is 32.1. The van der Waals surface area contributed by atoms with Crippen LogP contribution < -0.4 is 10.6 Å². The predicted molar refractivity (Wildman–Crippen MR) is 67.6 cm³/mol. The maximum atomic E-state index is 9.70. The molecule has 0 spiro atoms. The molecule has 1 amide bonds. The first kappa shape index (κ1) is 14.0. The molecule has 2 N–H and O–H groups in total. The second-order valence-corrected chi connectivity index (χ2v) is 4.24. The van der Waals surface area contributed by atoms with Gasteiger partial charge in [-0.25, -0.2) is 0 Å². The number of rotatable bonds is 3. The molecule has 0 saturated heterocycles. The number of hydrogen-bond acceptors (Lipinski definition) is 3. The van der Waals surface area contributed by atoms with E-state index in [-0.39, 0.29) is 5.91 Å². The maximum absolute atomic E-state index is 9.70. The van der Waals surface area contributed by atoms with Crippen molar-refractivity contribution in [2.24, 2.45) is 0 Å². The summed E-state index contributed by atoms with van der Waals surface area (Å²) in [5.74, 6) is 0.00463. The van der Waals surface area contributed by atoms with E-state index in [1.54, 1.807) is 7.05 Å². The molecule has 86 valence electrons. The third-order valence-electron chi connectivity index (χ3n) is 1.76. The lowest BCUT2D eigenvalue weighted by molar-refractivity contribution is -0.118. The van der Waals surface area contributed by atoms with Gasteiger partial charge in [-0.3, -0.25) is 4.79 Å². The Balaban J connectivity index is 0.000000336. The summed E-state index contributed by atoms with van der Waals surface area (Å²) in [5.41, 5.74) is 0. The molecule has 4 heteroatoms. The van der Waals surface area contributed by atoms with E-state index < -0.39 is 0 Å². The van der Waals surface area contributed by atoms with Crippen LogP contribution in [-0.2, 0) is 11.2 Å². The fourth-order valence-electron chi connectivity index (χ4n) is 0.893. The number of carbonyl (C=O) groups excluding carboxylic acids is 1. The van der Waals surface area contributed by atoms with Crippen molar-refractivity contribution in [1.29, 1.82) is 0 Å². The molecular formula is C11H20N2OS. The first-order chi connectivity index (χ1) is 7.13. The van der Waals surface area contributed by atoms with Crippen LogP contribution >= 0.6 is 11.3 Å². The molecule has 0 aliphatic carbocycles. The van der Waals surface area contributed by atoms with Crippen LogP contribution in [0.1, 0.15) is 25.1 Å². The van der Waals surface area contributed by atoms with Gasteiger partial charge in [0.15, 0.2) is 0 Å². The molecule has 15 heavy (non-hydrogen) atoms. The molecule has 1 heterocycles. The average molecular weight is 228 g/mol. The lowest BCUT2D eigenvalue weighted by Crippen LogP contribution is -2.11. The van der Waals surface area contributed by atoms with Gasteiger partial charge in [0.1, 0.15) is 0 Å². The molecule has 0 aliphatic heterocycles. The smallest absolute Gasteiger partial charge is 0.216 e. The van der Waals surface area contributed by atoms with E-state index in [0.717, 1.165) is 0 Å². The Morgan fingerprint density at radius 1 is 1.40 bits per heavy atom. The Morgan fingerprint density at radius 2 is 2.00 bits per heavy atom. The summed E-state index contributed by atoms with van der Waals surface area (Å²) >= 11 is 1.85. The van der Waals surface area contributed by atoms with Crippen LogP contribution in [0.5, 0.6) is 0 Å². The third kappa shape index (κ3) is 6.96. The van der Waals surface area contributed by atoms with Gasteiger partial charge in [-0.15, -0.1) is 11.3 Å². The van der Waals surface area contributed by atoms with Crippen molar-refractivity contribution < 1.29 is 4.79 Å². The molecule has 0 atom stereocenters. The molecule has 3 nitrogen and oxygen atoms in total. The number of thiophene rings is 1. The van der Waals surface area contributed by atoms with E-state index in [1.807, 2.05) is 18.4 Å². The van der Waals surface area contributed by atoms with Crippen molar-refractivity contribution in [3.8, 4) is 0 Å². The van der Waals surface area contributed by atoms with Crippen LogP contribution in [0, 0.1) is 0 Å². The summed E-state index contributed by atoms with van der Waals surface area (Å²) in [6, 6.07) is 4.33. The van der Waals surface area contributed by atoms with Crippen LogP contribution in [0.4, 0.5) is 5.00 Å².